The van der Waals surface area contributed by atoms with Gasteiger partial charge in [0.2, 0.25) is 11.8 Å². The maximum Gasteiger partial charge on any atom is 0.261 e. The summed E-state index contributed by atoms with van der Waals surface area (Å²) in [5.41, 5.74) is 2.96. The molecule has 0 saturated carbocycles. The lowest BCUT2D eigenvalue weighted by molar-refractivity contribution is -0.116. The van der Waals surface area contributed by atoms with Crippen molar-refractivity contribution in [1.29, 1.82) is 0 Å². The van der Waals surface area contributed by atoms with Crippen LogP contribution in [0.5, 0.6) is 0 Å². The number of carbonyl (C=O) groups excluding carboxylic acids is 3. The molecule has 0 atom stereocenters. The van der Waals surface area contributed by atoms with Gasteiger partial charge >= 0.3 is 0 Å². The Kier molecular flexibility index (Phi) is 5.47. The van der Waals surface area contributed by atoms with Crippen molar-refractivity contribution >= 4 is 62.0 Å². The van der Waals surface area contributed by atoms with E-state index in [2.05, 4.69) is 26.2 Å². The Balaban J connectivity index is 1.31. The predicted molar refractivity (Wildman–Crippen MR) is 127 cm³/mol. The Hall–Kier alpha value is -3.49. The fraction of sp³-hybridized carbons (Fsp3) is 0.0833. The maximum atomic E-state index is 12.7. The van der Waals surface area contributed by atoms with Gasteiger partial charge in [-0.25, -0.2) is 4.98 Å². The van der Waals surface area contributed by atoms with Gasteiger partial charge in [0.15, 0.2) is 5.58 Å². The monoisotopic (exact) mass is 523 g/mol. The number of halogens is 2. The molecule has 0 radical (unpaired) electrons. The van der Waals surface area contributed by atoms with Crippen molar-refractivity contribution < 1.29 is 18.8 Å². The first-order valence-electron chi connectivity index (χ1n) is 10.0. The largest absolute Gasteiger partial charge is 0.436 e. The Morgan fingerprint density at radius 2 is 1.79 bits per heavy atom. The predicted octanol–water partition coefficient (Wildman–Crippen LogP) is 5.54. The van der Waals surface area contributed by atoms with Gasteiger partial charge < -0.3 is 9.73 Å². The van der Waals surface area contributed by atoms with Crippen LogP contribution in [0.2, 0.25) is 5.02 Å². The van der Waals surface area contributed by atoms with Crippen LogP contribution in [0, 0.1) is 0 Å². The summed E-state index contributed by atoms with van der Waals surface area (Å²) in [5.74, 6) is -0.816. The molecule has 0 fully saturated rings. The third-order valence-corrected chi connectivity index (χ3v) is 6.00. The van der Waals surface area contributed by atoms with Gasteiger partial charge in [0, 0.05) is 22.5 Å². The molecule has 1 aliphatic rings. The van der Waals surface area contributed by atoms with E-state index in [1.54, 1.807) is 54.6 Å². The van der Waals surface area contributed by atoms with Crippen LogP contribution >= 0.6 is 27.5 Å². The van der Waals surface area contributed by atoms with E-state index in [9.17, 15) is 14.4 Å². The number of anilines is 1. The SMILES string of the molecule is O=C(CCN1C(=O)c2ccc(Br)cc2C1=O)Nc1ccccc1-c1nc2cc(Cl)ccc2o1. The zero-order valence-corrected chi connectivity index (χ0v) is 19.3. The average molecular weight is 525 g/mol. The van der Waals surface area contributed by atoms with E-state index in [0.717, 1.165) is 4.90 Å². The van der Waals surface area contributed by atoms with Crippen LogP contribution in [0.25, 0.3) is 22.6 Å². The number of aromatic nitrogens is 1. The zero-order chi connectivity index (χ0) is 23.1. The highest BCUT2D eigenvalue weighted by Crippen LogP contribution is 2.31. The van der Waals surface area contributed by atoms with E-state index in [4.69, 9.17) is 16.0 Å². The summed E-state index contributed by atoms with van der Waals surface area (Å²) in [6, 6.07) is 17.2. The van der Waals surface area contributed by atoms with Crippen molar-refractivity contribution in [3.8, 4) is 11.5 Å². The number of rotatable bonds is 5. The van der Waals surface area contributed by atoms with Gasteiger partial charge in [-0.05, 0) is 48.5 Å². The quantitative estimate of drug-likeness (QED) is 0.346. The van der Waals surface area contributed by atoms with E-state index < -0.39 is 11.8 Å². The van der Waals surface area contributed by atoms with Gasteiger partial charge in [0.25, 0.3) is 11.8 Å². The Labute approximate surface area is 201 Å². The molecule has 3 aromatic carbocycles. The Morgan fingerprint density at radius 1 is 1.00 bits per heavy atom. The molecule has 3 amide bonds. The van der Waals surface area contributed by atoms with E-state index >= 15 is 0 Å². The molecule has 4 aromatic rings. The van der Waals surface area contributed by atoms with Crippen molar-refractivity contribution in [3.63, 3.8) is 0 Å². The van der Waals surface area contributed by atoms with Crippen molar-refractivity contribution in [2.45, 2.75) is 6.42 Å². The van der Waals surface area contributed by atoms with E-state index in [1.807, 2.05) is 6.07 Å². The molecule has 164 valence electrons. The number of nitrogens with one attached hydrogen (secondary N) is 1. The average Bonchev–Trinajstić information content (AvgIpc) is 3.31. The third kappa shape index (κ3) is 4.03. The number of benzene rings is 3. The second kappa shape index (κ2) is 8.46. The van der Waals surface area contributed by atoms with Crippen molar-refractivity contribution in [2.24, 2.45) is 0 Å². The van der Waals surface area contributed by atoms with Gasteiger partial charge in [-0.2, -0.15) is 0 Å². The number of nitrogens with zero attached hydrogens (tertiary/aromatic N) is 2. The number of hydrogen-bond donors (Lipinski definition) is 1. The molecule has 1 aromatic heterocycles. The second-order valence-electron chi connectivity index (χ2n) is 7.43. The molecule has 1 aliphatic heterocycles. The van der Waals surface area contributed by atoms with Crippen LogP contribution in [-0.2, 0) is 4.79 Å². The molecule has 33 heavy (non-hydrogen) atoms. The Morgan fingerprint density at radius 3 is 2.64 bits per heavy atom. The molecule has 0 aliphatic carbocycles. The summed E-state index contributed by atoms with van der Waals surface area (Å²) in [6.45, 7) is -0.0284. The first kappa shape index (κ1) is 21.4. The van der Waals surface area contributed by atoms with Crippen LogP contribution in [0.3, 0.4) is 0 Å². The fourth-order valence-electron chi connectivity index (χ4n) is 3.69. The second-order valence-corrected chi connectivity index (χ2v) is 8.78. The number of fused-ring (bicyclic) bond motifs is 2. The lowest BCUT2D eigenvalue weighted by atomic mass is 10.1. The van der Waals surface area contributed by atoms with Crippen molar-refractivity contribution in [3.05, 3.63) is 81.3 Å². The molecule has 7 nitrogen and oxygen atoms in total. The van der Waals surface area contributed by atoms with Gasteiger partial charge in [-0.15, -0.1) is 0 Å². The number of hydrogen-bond acceptors (Lipinski definition) is 5. The number of carbonyl (C=O) groups is 3. The molecular formula is C24H15BrClN3O4. The first-order valence-corrected chi connectivity index (χ1v) is 11.2. The number of amides is 3. The van der Waals surface area contributed by atoms with Gasteiger partial charge in [-0.1, -0.05) is 39.7 Å². The van der Waals surface area contributed by atoms with Crippen LogP contribution in [-0.4, -0.2) is 34.2 Å². The smallest absolute Gasteiger partial charge is 0.261 e. The van der Waals surface area contributed by atoms with Crippen LogP contribution < -0.4 is 5.32 Å². The number of imide groups is 1. The minimum absolute atomic E-state index is 0.0284. The summed E-state index contributed by atoms with van der Waals surface area (Å²) >= 11 is 9.33. The molecule has 0 saturated heterocycles. The molecule has 0 unspecified atom stereocenters. The van der Waals surface area contributed by atoms with Crippen molar-refractivity contribution in [2.75, 3.05) is 11.9 Å². The van der Waals surface area contributed by atoms with Gasteiger partial charge in [-0.3, -0.25) is 19.3 Å². The van der Waals surface area contributed by atoms with Gasteiger partial charge in [0.1, 0.15) is 5.52 Å². The summed E-state index contributed by atoms with van der Waals surface area (Å²) < 4.78 is 6.53. The third-order valence-electron chi connectivity index (χ3n) is 5.28. The lowest BCUT2D eigenvalue weighted by Crippen LogP contribution is -2.32. The lowest BCUT2D eigenvalue weighted by Gasteiger charge is -2.14. The summed E-state index contributed by atoms with van der Waals surface area (Å²) in [4.78, 5) is 43.4. The molecule has 1 N–H and O–H groups in total. The van der Waals surface area contributed by atoms with Crippen molar-refractivity contribution in [1.82, 2.24) is 9.88 Å². The summed E-state index contributed by atoms with van der Waals surface area (Å²) in [6.07, 6.45) is -0.0514. The first-order chi connectivity index (χ1) is 15.9. The summed E-state index contributed by atoms with van der Waals surface area (Å²) in [7, 11) is 0. The van der Waals surface area contributed by atoms with Crippen LogP contribution in [0.15, 0.2) is 69.6 Å². The standard InChI is InChI=1S/C24H15BrClN3O4/c25-13-5-7-15-17(11-13)24(32)29(23(15)31)10-9-21(30)27-18-4-2-1-3-16(18)22-28-19-12-14(26)6-8-20(19)33-22/h1-8,11-12H,9-10H2,(H,27,30). The molecular weight excluding hydrogens is 510 g/mol. The molecule has 5 rings (SSSR count). The Bertz CT molecular complexity index is 1450. The normalized spacial score (nSPS) is 13.0. The number of oxazole rings is 1. The van der Waals surface area contributed by atoms with Gasteiger partial charge in [0.05, 0.1) is 22.4 Å². The minimum Gasteiger partial charge on any atom is -0.436 e. The van der Waals surface area contributed by atoms with E-state index in [1.165, 1.54) is 0 Å². The van der Waals surface area contributed by atoms with E-state index in [0.29, 0.717) is 48.9 Å². The topological polar surface area (TPSA) is 92.5 Å². The van der Waals surface area contributed by atoms with Crippen LogP contribution in [0.1, 0.15) is 27.1 Å². The molecule has 9 heteroatoms. The number of para-hydroxylation sites is 1. The minimum atomic E-state index is -0.408. The fourth-order valence-corrected chi connectivity index (χ4v) is 4.21. The maximum absolute atomic E-state index is 12.7. The highest BCUT2D eigenvalue weighted by molar-refractivity contribution is 9.10. The van der Waals surface area contributed by atoms with Crippen LogP contribution in [0.4, 0.5) is 5.69 Å². The van der Waals surface area contributed by atoms with E-state index in [-0.39, 0.29) is 18.9 Å². The zero-order valence-electron chi connectivity index (χ0n) is 17.0. The molecule has 0 spiro atoms. The highest BCUT2D eigenvalue weighted by Gasteiger charge is 2.35. The highest BCUT2D eigenvalue weighted by atomic mass is 79.9. The summed E-state index contributed by atoms with van der Waals surface area (Å²) in [5, 5.41) is 3.37. The molecule has 2 heterocycles. The molecule has 0 bridgehead atoms.